The molecule has 1 unspecified atom stereocenters. The molecule has 2 nitrogen and oxygen atoms in total. The molecule has 0 heterocycles. The van der Waals surface area contributed by atoms with Crippen LogP contribution in [0.25, 0.3) is 0 Å². The average Bonchev–Trinajstić information content (AvgIpc) is 2.38. The van der Waals surface area contributed by atoms with Crippen molar-refractivity contribution in [3.05, 3.63) is 35.4 Å². The maximum atomic E-state index is 5.22. The third kappa shape index (κ3) is 4.05. The van der Waals surface area contributed by atoms with Crippen LogP contribution in [0.3, 0.4) is 0 Å². The van der Waals surface area contributed by atoms with Gasteiger partial charge in [-0.3, -0.25) is 0 Å². The Bertz CT molecular complexity index is 348. The number of hydrogen-bond acceptors (Lipinski definition) is 2. The fraction of sp³-hybridized carbons (Fsp3) is 0.647. The summed E-state index contributed by atoms with van der Waals surface area (Å²) in [5, 5.41) is 3.62. The fourth-order valence-electron chi connectivity index (χ4n) is 2.68. The summed E-state index contributed by atoms with van der Waals surface area (Å²) >= 11 is 0. The van der Waals surface area contributed by atoms with Gasteiger partial charge in [-0.25, -0.2) is 0 Å². The van der Waals surface area contributed by atoms with Crippen molar-refractivity contribution >= 4 is 0 Å². The fourth-order valence-corrected chi connectivity index (χ4v) is 2.68. The first-order chi connectivity index (χ1) is 9.35. The number of nitrogens with one attached hydrogen (secondary N) is 1. The van der Waals surface area contributed by atoms with Crippen molar-refractivity contribution in [1.29, 1.82) is 0 Å². The van der Waals surface area contributed by atoms with Crippen LogP contribution in [0.15, 0.2) is 24.3 Å². The molecule has 0 aliphatic heterocycles. The summed E-state index contributed by atoms with van der Waals surface area (Å²) in [6, 6.07) is 9.68. The Balaban J connectivity index is 1.98. The Morgan fingerprint density at radius 2 is 2.00 bits per heavy atom. The van der Waals surface area contributed by atoms with Crippen LogP contribution in [0.1, 0.15) is 62.1 Å². The number of rotatable bonds is 8. The van der Waals surface area contributed by atoms with E-state index < -0.39 is 0 Å². The molecular formula is C17H27NO. The molecule has 2 rings (SSSR count). The summed E-state index contributed by atoms with van der Waals surface area (Å²) in [5.41, 5.74) is 2.92. The zero-order valence-electron chi connectivity index (χ0n) is 12.3. The molecule has 0 radical (unpaired) electrons. The van der Waals surface area contributed by atoms with E-state index in [4.69, 9.17) is 4.74 Å². The minimum absolute atomic E-state index is 0.426. The predicted molar refractivity (Wildman–Crippen MR) is 80.6 cm³/mol. The van der Waals surface area contributed by atoms with E-state index in [1.165, 1.54) is 36.8 Å². The van der Waals surface area contributed by atoms with E-state index in [-0.39, 0.29) is 0 Å². The van der Waals surface area contributed by atoms with E-state index in [0.717, 1.165) is 25.5 Å². The highest BCUT2D eigenvalue weighted by Crippen LogP contribution is 2.36. The Kier molecular flexibility index (Phi) is 5.87. The Labute approximate surface area is 117 Å². The lowest BCUT2D eigenvalue weighted by molar-refractivity contribution is 0.183. The van der Waals surface area contributed by atoms with Crippen molar-refractivity contribution in [3.8, 4) is 0 Å². The Hall–Kier alpha value is -0.860. The number of hydrogen-bond donors (Lipinski definition) is 1. The van der Waals surface area contributed by atoms with E-state index in [1.807, 2.05) is 0 Å². The molecular weight excluding hydrogens is 234 g/mol. The van der Waals surface area contributed by atoms with E-state index in [2.05, 4.69) is 36.5 Å². The van der Waals surface area contributed by atoms with E-state index in [0.29, 0.717) is 6.04 Å². The van der Waals surface area contributed by atoms with Gasteiger partial charge in [-0.05, 0) is 49.3 Å². The monoisotopic (exact) mass is 261 g/mol. The summed E-state index contributed by atoms with van der Waals surface area (Å²) in [6.07, 6.45) is 6.37. The summed E-state index contributed by atoms with van der Waals surface area (Å²) in [7, 11) is 1.77. The molecule has 0 spiro atoms. The van der Waals surface area contributed by atoms with Crippen molar-refractivity contribution in [1.82, 2.24) is 5.32 Å². The molecule has 19 heavy (non-hydrogen) atoms. The van der Waals surface area contributed by atoms with E-state index in [9.17, 15) is 0 Å². The number of methoxy groups -OCH3 is 1. The second-order valence-corrected chi connectivity index (χ2v) is 5.58. The molecule has 1 saturated carbocycles. The molecule has 1 aromatic carbocycles. The van der Waals surface area contributed by atoms with E-state index >= 15 is 0 Å². The smallest absolute Gasteiger partial charge is 0.0480 e. The van der Waals surface area contributed by atoms with Gasteiger partial charge in [-0.2, -0.15) is 0 Å². The molecule has 0 bridgehead atoms. The summed E-state index contributed by atoms with van der Waals surface area (Å²) in [6.45, 7) is 4.09. The number of ether oxygens (including phenoxy) is 1. The molecule has 106 valence electrons. The van der Waals surface area contributed by atoms with Crippen LogP contribution in [0.4, 0.5) is 0 Å². The van der Waals surface area contributed by atoms with Crippen LogP contribution in [0.2, 0.25) is 0 Å². The second kappa shape index (κ2) is 7.66. The van der Waals surface area contributed by atoms with Crippen molar-refractivity contribution in [3.63, 3.8) is 0 Å². The first-order valence-corrected chi connectivity index (χ1v) is 7.67. The molecule has 1 N–H and O–H groups in total. The Morgan fingerprint density at radius 1 is 1.26 bits per heavy atom. The van der Waals surface area contributed by atoms with Gasteiger partial charge in [0.05, 0.1) is 0 Å². The van der Waals surface area contributed by atoms with Gasteiger partial charge in [-0.15, -0.1) is 0 Å². The lowest BCUT2D eigenvalue weighted by Gasteiger charge is -2.26. The van der Waals surface area contributed by atoms with Crippen molar-refractivity contribution < 1.29 is 4.74 Å². The molecule has 0 amide bonds. The SMILES string of the molecule is CCCNC(CCOC)c1ccc(C2CCC2)cc1. The van der Waals surface area contributed by atoms with Crippen molar-refractivity contribution in [2.75, 3.05) is 20.3 Å². The minimum Gasteiger partial charge on any atom is -0.385 e. The van der Waals surface area contributed by atoms with Gasteiger partial charge in [0.25, 0.3) is 0 Å². The first-order valence-electron chi connectivity index (χ1n) is 7.67. The normalized spacial score (nSPS) is 17.2. The highest BCUT2D eigenvalue weighted by Gasteiger charge is 2.19. The van der Waals surface area contributed by atoms with Crippen LogP contribution in [-0.4, -0.2) is 20.3 Å². The maximum absolute atomic E-state index is 5.22. The highest BCUT2D eigenvalue weighted by molar-refractivity contribution is 5.28. The molecule has 1 fully saturated rings. The third-order valence-corrected chi connectivity index (χ3v) is 4.17. The predicted octanol–water partition coefficient (Wildman–Crippen LogP) is 4.03. The molecule has 0 saturated heterocycles. The van der Waals surface area contributed by atoms with Gasteiger partial charge in [0, 0.05) is 19.8 Å². The van der Waals surface area contributed by atoms with Gasteiger partial charge >= 0.3 is 0 Å². The first kappa shape index (κ1) is 14.5. The van der Waals surface area contributed by atoms with Gasteiger partial charge in [0.15, 0.2) is 0 Å². The standard InChI is InChI=1S/C17H27NO/c1-3-12-18-17(11-13-19-2)16-9-7-15(8-10-16)14-5-4-6-14/h7-10,14,17-18H,3-6,11-13H2,1-2H3. The molecule has 1 aliphatic rings. The highest BCUT2D eigenvalue weighted by atomic mass is 16.5. The third-order valence-electron chi connectivity index (χ3n) is 4.17. The van der Waals surface area contributed by atoms with Crippen LogP contribution in [0, 0.1) is 0 Å². The van der Waals surface area contributed by atoms with Gasteiger partial charge in [0.1, 0.15) is 0 Å². The summed E-state index contributed by atoms with van der Waals surface area (Å²) < 4.78 is 5.22. The van der Waals surface area contributed by atoms with Crippen LogP contribution >= 0.6 is 0 Å². The molecule has 0 aromatic heterocycles. The lowest BCUT2D eigenvalue weighted by atomic mass is 9.80. The van der Waals surface area contributed by atoms with Crippen molar-refractivity contribution in [2.45, 2.75) is 51.0 Å². The zero-order valence-corrected chi connectivity index (χ0v) is 12.3. The quantitative estimate of drug-likeness (QED) is 0.763. The van der Waals surface area contributed by atoms with Gasteiger partial charge in [-0.1, -0.05) is 37.6 Å². The van der Waals surface area contributed by atoms with Crippen LogP contribution in [-0.2, 0) is 4.74 Å². The maximum Gasteiger partial charge on any atom is 0.0480 e. The molecule has 1 atom stereocenters. The second-order valence-electron chi connectivity index (χ2n) is 5.58. The summed E-state index contributed by atoms with van der Waals surface area (Å²) in [4.78, 5) is 0. The van der Waals surface area contributed by atoms with Gasteiger partial charge < -0.3 is 10.1 Å². The van der Waals surface area contributed by atoms with Crippen LogP contribution < -0.4 is 5.32 Å². The zero-order chi connectivity index (χ0) is 13.5. The van der Waals surface area contributed by atoms with Crippen molar-refractivity contribution in [2.24, 2.45) is 0 Å². The average molecular weight is 261 g/mol. The molecule has 2 heteroatoms. The van der Waals surface area contributed by atoms with E-state index in [1.54, 1.807) is 7.11 Å². The Morgan fingerprint density at radius 3 is 2.53 bits per heavy atom. The largest absolute Gasteiger partial charge is 0.385 e. The van der Waals surface area contributed by atoms with Crippen LogP contribution in [0.5, 0.6) is 0 Å². The van der Waals surface area contributed by atoms with Gasteiger partial charge in [0.2, 0.25) is 0 Å². The lowest BCUT2D eigenvalue weighted by Crippen LogP contribution is -2.23. The minimum atomic E-state index is 0.426. The number of benzene rings is 1. The topological polar surface area (TPSA) is 21.3 Å². The summed E-state index contributed by atoms with van der Waals surface area (Å²) in [5.74, 6) is 0.829. The molecule has 1 aromatic rings. The molecule has 1 aliphatic carbocycles.